The van der Waals surface area contributed by atoms with Crippen LogP contribution in [0.5, 0.6) is 0 Å². The molecule has 2 aromatic heterocycles. The van der Waals surface area contributed by atoms with E-state index in [9.17, 15) is 0 Å². The van der Waals surface area contributed by atoms with E-state index in [2.05, 4.69) is 35.8 Å². The van der Waals surface area contributed by atoms with E-state index in [0.717, 1.165) is 29.6 Å². The first-order valence-corrected chi connectivity index (χ1v) is 7.16. The van der Waals surface area contributed by atoms with E-state index in [0.29, 0.717) is 18.9 Å². The molecular weight excluding hydrogens is 282 g/mol. The Bertz CT molecular complexity index is 515. The van der Waals surface area contributed by atoms with Crippen LogP contribution in [0.25, 0.3) is 0 Å². The molecule has 110 valence electrons. The Morgan fingerprint density at radius 2 is 2.25 bits per heavy atom. The number of tetrazole rings is 1. The van der Waals surface area contributed by atoms with E-state index in [1.807, 2.05) is 6.92 Å². The topological polar surface area (TPSA) is 104 Å². The zero-order chi connectivity index (χ0) is 14.2. The van der Waals surface area contributed by atoms with Crippen LogP contribution >= 0.6 is 11.8 Å². The van der Waals surface area contributed by atoms with Gasteiger partial charge in [0.2, 0.25) is 5.16 Å². The first-order valence-electron chi connectivity index (χ1n) is 6.18. The summed E-state index contributed by atoms with van der Waals surface area (Å²) >= 11 is 1.51. The van der Waals surface area contributed by atoms with Crippen molar-refractivity contribution in [2.75, 3.05) is 26.8 Å². The molecule has 0 saturated carbocycles. The van der Waals surface area contributed by atoms with Gasteiger partial charge in [0, 0.05) is 26.0 Å². The summed E-state index contributed by atoms with van der Waals surface area (Å²) in [7, 11) is 1.68. The first kappa shape index (κ1) is 14.9. The van der Waals surface area contributed by atoms with Gasteiger partial charge in [0.25, 0.3) is 0 Å². The van der Waals surface area contributed by atoms with Gasteiger partial charge in [0.1, 0.15) is 11.4 Å². The number of hydrogen-bond donors (Lipinski definition) is 1. The average Bonchev–Trinajstić information content (AvgIpc) is 3.05. The monoisotopic (exact) mass is 299 g/mol. The summed E-state index contributed by atoms with van der Waals surface area (Å²) in [4.78, 5) is 0. The maximum Gasteiger partial charge on any atom is 0.209 e. The van der Waals surface area contributed by atoms with E-state index in [-0.39, 0.29) is 0 Å². The molecule has 0 amide bonds. The summed E-state index contributed by atoms with van der Waals surface area (Å²) in [5, 5.41) is 23.2. The van der Waals surface area contributed by atoms with Gasteiger partial charge in [0.05, 0.1) is 13.2 Å². The highest BCUT2D eigenvalue weighted by molar-refractivity contribution is 7.98. The summed E-state index contributed by atoms with van der Waals surface area (Å²) in [5.41, 5.74) is 1.60. The third-order valence-electron chi connectivity index (χ3n) is 2.57. The van der Waals surface area contributed by atoms with Gasteiger partial charge in [0.15, 0.2) is 0 Å². The fraction of sp³-hybridized carbons (Fsp3) is 0.700. The molecule has 0 unspecified atom stereocenters. The van der Waals surface area contributed by atoms with Crippen molar-refractivity contribution in [2.45, 2.75) is 24.4 Å². The number of hydrogen-bond acceptors (Lipinski definition) is 9. The lowest BCUT2D eigenvalue weighted by Gasteiger charge is -2.05. The molecule has 0 fully saturated rings. The molecule has 0 aliphatic carbocycles. The van der Waals surface area contributed by atoms with E-state index in [1.54, 1.807) is 11.8 Å². The van der Waals surface area contributed by atoms with Crippen molar-refractivity contribution in [1.29, 1.82) is 0 Å². The Hall–Kier alpha value is -1.52. The van der Waals surface area contributed by atoms with Gasteiger partial charge >= 0.3 is 0 Å². The Labute approximate surface area is 120 Å². The maximum atomic E-state index is 4.96. The zero-order valence-electron chi connectivity index (χ0n) is 11.4. The zero-order valence-corrected chi connectivity index (χ0v) is 12.3. The van der Waals surface area contributed by atoms with Crippen molar-refractivity contribution in [1.82, 2.24) is 35.8 Å². The van der Waals surface area contributed by atoms with Gasteiger partial charge in [-0.3, -0.25) is 0 Å². The van der Waals surface area contributed by atoms with E-state index in [1.165, 1.54) is 11.8 Å². The lowest BCUT2D eigenvalue weighted by Crippen LogP contribution is -2.24. The number of rotatable bonds is 9. The molecule has 0 atom stereocenters. The van der Waals surface area contributed by atoms with Crippen LogP contribution in [0.2, 0.25) is 0 Å². The smallest absolute Gasteiger partial charge is 0.209 e. The van der Waals surface area contributed by atoms with Crippen molar-refractivity contribution in [2.24, 2.45) is 0 Å². The van der Waals surface area contributed by atoms with Crippen LogP contribution in [0.15, 0.2) is 9.79 Å². The molecule has 0 aromatic carbocycles. The molecule has 2 heterocycles. The van der Waals surface area contributed by atoms with Crippen molar-refractivity contribution in [3.05, 3.63) is 11.4 Å². The molecule has 0 saturated heterocycles. The van der Waals surface area contributed by atoms with Crippen LogP contribution < -0.4 is 5.32 Å². The summed E-state index contributed by atoms with van der Waals surface area (Å²) < 4.78 is 11.4. The van der Waals surface area contributed by atoms with Crippen LogP contribution in [-0.2, 0) is 17.0 Å². The van der Waals surface area contributed by atoms with E-state index < -0.39 is 0 Å². The van der Waals surface area contributed by atoms with Gasteiger partial charge in [-0.1, -0.05) is 22.1 Å². The summed E-state index contributed by atoms with van der Waals surface area (Å²) in [6.45, 7) is 4.84. The number of nitrogens with zero attached hydrogens (tertiary/aromatic N) is 6. The minimum absolute atomic E-state index is 0.632. The van der Waals surface area contributed by atoms with Crippen molar-refractivity contribution >= 4 is 11.8 Å². The number of aryl methyl sites for hydroxylation is 1. The molecule has 1 N–H and O–H groups in total. The number of nitrogens with one attached hydrogen (secondary N) is 1. The SMILES string of the molecule is COCCNCCn1nnnc1SCc1nonc1C. The van der Waals surface area contributed by atoms with Gasteiger partial charge in [-0.15, -0.1) is 5.10 Å². The highest BCUT2D eigenvalue weighted by atomic mass is 32.2. The summed E-state index contributed by atoms with van der Waals surface area (Å²) in [6.07, 6.45) is 0. The average molecular weight is 299 g/mol. The highest BCUT2D eigenvalue weighted by Crippen LogP contribution is 2.19. The standard InChI is InChI=1S/C10H17N7O2S/c1-8-9(14-19-13-8)7-20-10-12-15-16-17(10)5-3-11-4-6-18-2/h11H,3-7H2,1-2H3. The molecule has 9 nitrogen and oxygen atoms in total. The second-order valence-corrected chi connectivity index (χ2v) is 4.95. The number of ether oxygens (including phenoxy) is 1. The minimum Gasteiger partial charge on any atom is -0.383 e. The predicted molar refractivity (Wildman–Crippen MR) is 71.2 cm³/mol. The quantitative estimate of drug-likeness (QED) is 0.501. The van der Waals surface area contributed by atoms with Crippen molar-refractivity contribution in [3.8, 4) is 0 Å². The van der Waals surface area contributed by atoms with Crippen LogP contribution in [0, 0.1) is 6.92 Å². The molecule has 0 aliphatic rings. The fourth-order valence-electron chi connectivity index (χ4n) is 1.44. The summed E-state index contributed by atoms with van der Waals surface area (Å²) in [6, 6.07) is 0. The van der Waals surface area contributed by atoms with Gasteiger partial charge in [-0.2, -0.15) is 0 Å². The number of aromatic nitrogens is 6. The van der Waals surface area contributed by atoms with E-state index in [4.69, 9.17) is 4.74 Å². The lowest BCUT2D eigenvalue weighted by molar-refractivity contribution is 0.199. The van der Waals surface area contributed by atoms with Crippen LogP contribution in [0.3, 0.4) is 0 Å². The second-order valence-electron chi connectivity index (χ2n) is 4.01. The molecular formula is C10H17N7O2S. The molecule has 0 bridgehead atoms. The van der Waals surface area contributed by atoms with E-state index >= 15 is 0 Å². The Morgan fingerprint density at radius 3 is 3.00 bits per heavy atom. The lowest BCUT2D eigenvalue weighted by atomic mass is 10.4. The van der Waals surface area contributed by atoms with Crippen molar-refractivity contribution < 1.29 is 9.37 Å². The van der Waals surface area contributed by atoms with Crippen molar-refractivity contribution in [3.63, 3.8) is 0 Å². The van der Waals surface area contributed by atoms with Crippen LogP contribution in [-0.4, -0.2) is 57.3 Å². The molecule has 0 spiro atoms. The minimum atomic E-state index is 0.632. The molecule has 20 heavy (non-hydrogen) atoms. The maximum absolute atomic E-state index is 4.96. The molecule has 2 rings (SSSR count). The third-order valence-corrected chi connectivity index (χ3v) is 3.54. The normalized spacial score (nSPS) is 11.1. The first-order chi connectivity index (χ1) is 9.81. The highest BCUT2D eigenvalue weighted by Gasteiger charge is 2.10. The Morgan fingerprint density at radius 1 is 1.35 bits per heavy atom. The van der Waals surface area contributed by atoms with Gasteiger partial charge in [-0.05, 0) is 17.4 Å². The Balaban J connectivity index is 1.78. The molecule has 2 aromatic rings. The van der Waals surface area contributed by atoms with Crippen LogP contribution in [0.4, 0.5) is 0 Å². The molecule has 0 aliphatic heterocycles. The number of thioether (sulfide) groups is 1. The molecule has 10 heteroatoms. The second kappa shape index (κ2) is 7.92. The largest absolute Gasteiger partial charge is 0.383 e. The predicted octanol–water partition coefficient (Wildman–Crippen LogP) is -0.107. The Kier molecular flexibility index (Phi) is 5.89. The van der Waals surface area contributed by atoms with Crippen LogP contribution in [0.1, 0.15) is 11.4 Å². The summed E-state index contributed by atoms with van der Waals surface area (Å²) in [5.74, 6) is 0.632. The van der Waals surface area contributed by atoms with Gasteiger partial charge < -0.3 is 10.1 Å². The number of methoxy groups -OCH3 is 1. The molecule has 0 radical (unpaired) electrons. The fourth-order valence-corrected chi connectivity index (χ4v) is 2.34. The third kappa shape index (κ3) is 4.25. The van der Waals surface area contributed by atoms with Gasteiger partial charge in [-0.25, -0.2) is 9.31 Å².